The maximum atomic E-state index is 8.81. The summed E-state index contributed by atoms with van der Waals surface area (Å²) in [6, 6.07) is 6.87. The second kappa shape index (κ2) is 4.21. The van der Waals surface area contributed by atoms with E-state index in [0.29, 0.717) is 12.0 Å². The average molecular weight is 168 g/mol. The summed E-state index contributed by atoms with van der Waals surface area (Å²) >= 11 is 0. The Morgan fingerprint density at radius 3 is 2.58 bits per heavy atom. The molecule has 0 fully saturated rings. The largest absolute Gasteiger partial charge is 0.396 e. The normalized spacial score (nSPS) is 10.7. The first-order valence-corrected chi connectivity index (χ1v) is 3.80. The van der Waals surface area contributed by atoms with Gasteiger partial charge in [-0.1, -0.05) is 24.3 Å². The van der Waals surface area contributed by atoms with Crippen LogP contribution in [0.15, 0.2) is 24.3 Å². The maximum absolute atomic E-state index is 8.81. The van der Waals surface area contributed by atoms with Gasteiger partial charge in [-0.2, -0.15) is 0 Å². The molecule has 0 saturated carbocycles. The molecule has 0 unspecified atom stereocenters. The van der Waals surface area contributed by atoms with Gasteiger partial charge in [-0.05, 0) is 12.0 Å². The van der Waals surface area contributed by atoms with Gasteiger partial charge in [0.2, 0.25) is 0 Å². The van der Waals surface area contributed by atoms with Crippen molar-refractivity contribution in [3.63, 3.8) is 0 Å². The Labute approximate surface area is 70.9 Å². The van der Waals surface area contributed by atoms with Gasteiger partial charge in [0.05, 0.1) is 0 Å². The Kier molecular flexibility index (Phi) is 3.22. The number of aliphatic hydroxyl groups excluding tert-OH is 2. The van der Waals surface area contributed by atoms with E-state index in [-0.39, 0.29) is 6.61 Å². The van der Waals surface area contributed by atoms with Crippen LogP contribution in [0.25, 0.3) is 0 Å². The van der Waals surface area contributed by atoms with E-state index in [9.17, 15) is 0 Å². The molecule has 1 aromatic rings. The topological polar surface area (TPSA) is 60.7 Å². The quantitative estimate of drug-likeness (QED) is 0.565. The molecule has 0 saturated heterocycles. The minimum absolute atomic E-state index is 0.0744. The molecule has 0 atom stereocenters. The fourth-order valence-corrected chi connectivity index (χ4v) is 1.04. The Hall–Kier alpha value is -0.900. The zero-order valence-electron chi connectivity index (χ0n) is 6.64. The van der Waals surface area contributed by atoms with Crippen LogP contribution in [-0.2, 0) is 6.42 Å². The van der Waals surface area contributed by atoms with E-state index >= 15 is 0 Å². The van der Waals surface area contributed by atoms with Crippen LogP contribution in [0, 0.1) is 0 Å². The van der Waals surface area contributed by atoms with Crippen molar-refractivity contribution in [3.05, 3.63) is 35.4 Å². The molecule has 0 aliphatic heterocycles. The number of hydrogen-bond donors (Lipinski definition) is 3. The first-order valence-electron chi connectivity index (χ1n) is 3.80. The highest BCUT2D eigenvalue weighted by Gasteiger charge is 2.01. The van der Waals surface area contributed by atoms with Crippen LogP contribution in [0.5, 0.6) is 0 Å². The molecule has 0 spiro atoms. The predicted molar refractivity (Wildman–Crippen MR) is 44.4 cm³/mol. The Morgan fingerprint density at radius 2 is 2.00 bits per heavy atom. The molecule has 0 bridgehead atoms. The highest BCUT2D eigenvalue weighted by Crippen LogP contribution is 2.11. The molecule has 12 heavy (non-hydrogen) atoms. The average Bonchev–Trinajstić information content (AvgIpc) is 2.05. The minimum Gasteiger partial charge on any atom is -0.396 e. The second-order valence-corrected chi connectivity index (χ2v) is 2.59. The highest BCUT2D eigenvalue weighted by molar-refractivity contribution is 5.24. The van der Waals surface area contributed by atoms with E-state index in [1.165, 1.54) is 0 Å². The Balaban J connectivity index is 2.81. The zero-order valence-corrected chi connectivity index (χ0v) is 6.64. The molecule has 1 aromatic carbocycles. The van der Waals surface area contributed by atoms with Crippen molar-refractivity contribution in [1.29, 1.82) is 0 Å². The van der Waals surface area contributed by atoms with Gasteiger partial charge in [-0.25, -0.2) is 0 Å². The summed E-state index contributed by atoms with van der Waals surface area (Å²) in [6.07, 6.45) is -0.885. The van der Waals surface area contributed by atoms with Crippen LogP contribution in [0.3, 0.4) is 0 Å². The predicted octanol–water partition coefficient (Wildman–Crippen LogP) is 0.205. The molecule has 0 radical (unpaired) electrons. The van der Waals surface area contributed by atoms with Crippen molar-refractivity contribution in [2.45, 2.75) is 12.7 Å². The summed E-state index contributed by atoms with van der Waals surface area (Å²) in [4.78, 5) is 0. The van der Waals surface area contributed by atoms with Crippen molar-refractivity contribution in [2.75, 3.05) is 6.61 Å². The molecular formula is C9H12O3. The molecule has 1 rings (SSSR count). The lowest BCUT2D eigenvalue weighted by molar-refractivity contribution is -0.0425. The van der Waals surface area contributed by atoms with Crippen LogP contribution in [0.1, 0.15) is 17.4 Å². The Morgan fingerprint density at radius 1 is 1.25 bits per heavy atom. The lowest BCUT2D eigenvalue weighted by Gasteiger charge is -2.05. The molecule has 0 heterocycles. The molecule has 0 amide bonds. The zero-order chi connectivity index (χ0) is 8.97. The summed E-state index contributed by atoms with van der Waals surface area (Å²) in [5.74, 6) is 0. The first kappa shape index (κ1) is 9.19. The van der Waals surface area contributed by atoms with E-state index in [4.69, 9.17) is 15.3 Å². The van der Waals surface area contributed by atoms with E-state index in [2.05, 4.69) is 0 Å². The maximum Gasteiger partial charge on any atom is 0.178 e. The third-order valence-electron chi connectivity index (χ3n) is 1.65. The highest BCUT2D eigenvalue weighted by atomic mass is 16.5. The monoisotopic (exact) mass is 168 g/mol. The van der Waals surface area contributed by atoms with Gasteiger partial charge in [0.1, 0.15) is 0 Å². The number of rotatable bonds is 3. The molecule has 0 aliphatic rings. The van der Waals surface area contributed by atoms with Gasteiger partial charge in [0.15, 0.2) is 6.29 Å². The molecule has 0 aromatic heterocycles. The number of hydrogen-bond acceptors (Lipinski definition) is 3. The molecule has 66 valence electrons. The lowest BCUT2D eigenvalue weighted by atomic mass is 10.1. The lowest BCUT2D eigenvalue weighted by Crippen LogP contribution is -1.97. The fraction of sp³-hybridized carbons (Fsp3) is 0.333. The SMILES string of the molecule is OCCc1cccc(C(O)O)c1. The summed E-state index contributed by atoms with van der Waals surface area (Å²) in [7, 11) is 0. The summed E-state index contributed by atoms with van der Waals surface area (Å²) in [6.45, 7) is 0.0744. The fourth-order valence-electron chi connectivity index (χ4n) is 1.04. The van der Waals surface area contributed by atoms with Crippen LogP contribution in [0.4, 0.5) is 0 Å². The third-order valence-corrected chi connectivity index (χ3v) is 1.65. The first-order chi connectivity index (χ1) is 5.74. The van der Waals surface area contributed by atoms with Crippen molar-refractivity contribution in [3.8, 4) is 0 Å². The van der Waals surface area contributed by atoms with E-state index < -0.39 is 6.29 Å². The van der Waals surface area contributed by atoms with Crippen LogP contribution in [-0.4, -0.2) is 21.9 Å². The number of benzene rings is 1. The molecule has 3 N–H and O–H groups in total. The third kappa shape index (κ3) is 2.30. The summed E-state index contributed by atoms with van der Waals surface area (Å²) in [5, 5.41) is 26.2. The van der Waals surface area contributed by atoms with Gasteiger partial charge in [-0.15, -0.1) is 0 Å². The van der Waals surface area contributed by atoms with Gasteiger partial charge in [-0.3, -0.25) is 0 Å². The van der Waals surface area contributed by atoms with Crippen molar-refractivity contribution in [2.24, 2.45) is 0 Å². The van der Waals surface area contributed by atoms with E-state index in [0.717, 1.165) is 5.56 Å². The van der Waals surface area contributed by atoms with Crippen LogP contribution < -0.4 is 0 Å². The van der Waals surface area contributed by atoms with Gasteiger partial charge < -0.3 is 15.3 Å². The summed E-state index contributed by atoms with van der Waals surface area (Å²) < 4.78 is 0. The van der Waals surface area contributed by atoms with E-state index in [1.807, 2.05) is 6.07 Å². The van der Waals surface area contributed by atoms with Crippen LogP contribution >= 0.6 is 0 Å². The molecule has 3 heteroatoms. The van der Waals surface area contributed by atoms with Gasteiger partial charge >= 0.3 is 0 Å². The smallest absolute Gasteiger partial charge is 0.178 e. The number of aliphatic hydroxyl groups is 3. The molecule has 0 aliphatic carbocycles. The Bertz CT molecular complexity index is 245. The van der Waals surface area contributed by atoms with Crippen molar-refractivity contribution < 1.29 is 15.3 Å². The standard InChI is InChI=1S/C9H12O3/c10-5-4-7-2-1-3-8(6-7)9(11)12/h1-3,6,9-12H,4-5H2. The minimum atomic E-state index is -1.43. The van der Waals surface area contributed by atoms with E-state index in [1.54, 1.807) is 18.2 Å². The van der Waals surface area contributed by atoms with Gasteiger partial charge in [0, 0.05) is 12.2 Å². The van der Waals surface area contributed by atoms with Crippen molar-refractivity contribution in [1.82, 2.24) is 0 Å². The molecule has 3 nitrogen and oxygen atoms in total. The summed E-state index contributed by atoms with van der Waals surface area (Å²) in [5.41, 5.74) is 1.36. The van der Waals surface area contributed by atoms with Crippen LogP contribution in [0.2, 0.25) is 0 Å². The molecular weight excluding hydrogens is 156 g/mol. The van der Waals surface area contributed by atoms with Crippen molar-refractivity contribution >= 4 is 0 Å². The second-order valence-electron chi connectivity index (χ2n) is 2.59. The van der Waals surface area contributed by atoms with Gasteiger partial charge in [0.25, 0.3) is 0 Å².